The van der Waals surface area contributed by atoms with E-state index in [0.717, 1.165) is 6.42 Å². The highest BCUT2D eigenvalue weighted by Crippen LogP contribution is 2.31. The Morgan fingerprint density at radius 1 is 1.29 bits per heavy atom. The number of sulfonamides is 1. The number of carboxylic acid groups (broad SMARTS) is 1. The second kappa shape index (κ2) is 5.77. The molecule has 0 spiro atoms. The molecule has 1 saturated heterocycles. The molecule has 0 amide bonds. The molecular weight excluding hydrogens is 290 g/mol. The summed E-state index contributed by atoms with van der Waals surface area (Å²) in [5.74, 6) is -0.541. The third-order valence-electron chi connectivity index (χ3n) is 4.23. The average molecular weight is 311 g/mol. The number of hydrogen-bond donors (Lipinski definition) is 1. The van der Waals surface area contributed by atoms with Crippen molar-refractivity contribution in [1.29, 1.82) is 0 Å². The summed E-state index contributed by atoms with van der Waals surface area (Å²) < 4.78 is 27.1. The van der Waals surface area contributed by atoms with Crippen molar-refractivity contribution >= 4 is 16.0 Å². The lowest BCUT2D eigenvalue weighted by Gasteiger charge is -2.40. The minimum absolute atomic E-state index is 0.0122. The predicted octanol–water partition coefficient (Wildman–Crippen LogP) is 2.44. The van der Waals surface area contributed by atoms with Gasteiger partial charge in [0.2, 0.25) is 10.0 Å². The molecule has 0 aromatic heterocycles. The van der Waals surface area contributed by atoms with Crippen molar-refractivity contribution in [3.05, 3.63) is 29.8 Å². The van der Waals surface area contributed by atoms with Gasteiger partial charge in [-0.2, -0.15) is 4.31 Å². The van der Waals surface area contributed by atoms with Crippen LogP contribution in [-0.4, -0.2) is 36.4 Å². The van der Waals surface area contributed by atoms with Crippen LogP contribution in [0.1, 0.15) is 37.6 Å². The van der Waals surface area contributed by atoms with Crippen molar-refractivity contribution in [2.24, 2.45) is 11.8 Å². The Bertz CT molecular complexity index is 641. The Hall–Kier alpha value is -1.40. The van der Waals surface area contributed by atoms with Crippen molar-refractivity contribution < 1.29 is 18.3 Å². The zero-order valence-corrected chi connectivity index (χ0v) is 13.3. The number of nitrogens with zero attached hydrogens (tertiary/aromatic N) is 1. The molecule has 1 fully saturated rings. The molecule has 3 unspecified atom stereocenters. The zero-order valence-electron chi connectivity index (χ0n) is 12.5. The lowest BCUT2D eigenvalue weighted by atomic mass is 9.88. The van der Waals surface area contributed by atoms with Crippen LogP contribution in [0, 0.1) is 11.8 Å². The van der Waals surface area contributed by atoms with Gasteiger partial charge in [-0.25, -0.2) is 13.2 Å². The van der Waals surface area contributed by atoms with Crippen LogP contribution < -0.4 is 0 Å². The SMILES string of the molecule is CC1CC(C)C(C)N(S(=O)(=O)c2cccc(C(=O)O)c2)C1. The van der Waals surface area contributed by atoms with E-state index in [1.165, 1.54) is 28.6 Å². The fourth-order valence-corrected chi connectivity index (χ4v) is 4.80. The van der Waals surface area contributed by atoms with Gasteiger partial charge in [-0.1, -0.05) is 19.9 Å². The largest absolute Gasteiger partial charge is 0.478 e. The van der Waals surface area contributed by atoms with Gasteiger partial charge in [0.25, 0.3) is 0 Å². The first-order valence-electron chi connectivity index (χ1n) is 7.08. The van der Waals surface area contributed by atoms with E-state index in [1.54, 1.807) is 0 Å². The molecule has 21 heavy (non-hydrogen) atoms. The molecule has 1 aromatic rings. The smallest absolute Gasteiger partial charge is 0.335 e. The predicted molar refractivity (Wildman–Crippen MR) is 79.7 cm³/mol. The van der Waals surface area contributed by atoms with E-state index >= 15 is 0 Å². The van der Waals surface area contributed by atoms with Gasteiger partial charge in [-0.15, -0.1) is 0 Å². The third-order valence-corrected chi connectivity index (χ3v) is 6.18. The molecule has 3 atom stereocenters. The maximum Gasteiger partial charge on any atom is 0.335 e. The highest BCUT2D eigenvalue weighted by Gasteiger charge is 2.37. The van der Waals surface area contributed by atoms with Crippen LogP contribution in [-0.2, 0) is 10.0 Å². The number of piperidine rings is 1. The molecule has 1 aliphatic heterocycles. The summed E-state index contributed by atoms with van der Waals surface area (Å²) in [6, 6.07) is 5.47. The fraction of sp³-hybridized carbons (Fsp3) is 0.533. The maximum absolute atomic E-state index is 12.8. The molecule has 6 heteroatoms. The average Bonchev–Trinajstić information content (AvgIpc) is 2.42. The first-order chi connectivity index (χ1) is 9.73. The fourth-order valence-electron chi connectivity index (χ4n) is 2.91. The highest BCUT2D eigenvalue weighted by atomic mass is 32.2. The van der Waals surface area contributed by atoms with Gasteiger partial charge in [-0.3, -0.25) is 0 Å². The minimum Gasteiger partial charge on any atom is -0.478 e. The summed E-state index contributed by atoms with van der Waals surface area (Å²) in [5, 5.41) is 9.01. The van der Waals surface area contributed by atoms with E-state index in [4.69, 9.17) is 5.11 Å². The quantitative estimate of drug-likeness (QED) is 0.930. The van der Waals surface area contributed by atoms with E-state index in [1.807, 2.05) is 13.8 Å². The Morgan fingerprint density at radius 2 is 1.95 bits per heavy atom. The van der Waals surface area contributed by atoms with Crippen LogP contribution in [0.25, 0.3) is 0 Å². The zero-order chi connectivity index (χ0) is 15.8. The Morgan fingerprint density at radius 3 is 2.57 bits per heavy atom. The second-order valence-corrected chi connectivity index (χ2v) is 7.86. The number of rotatable bonds is 3. The monoisotopic (exact) mass is 311 g/mol. The van der Waals surface area contributed by atoms with E-state index in [9.17, 15) is 13.2 Å². The standard InChI is InChI=1S/C15H21NO4S/c1-10-7-11(2)12(3)16(9-10)21(19,20)14-6-4-5-13(8-14)15(17)18/h4-6,8,10-12H,7,9H2,1-3H3,(H,17,18). The molecule has 5 nitrogen and oxygen atoms in total. The summed E-state index contributed by atoms with van der Waals surface area (Å²) in [4.78, 5) is 11.1. The van der Waals surface area contributed by atoms with Gasteiger partial charge in [0, 0.05) is 12.6 Å². The van der Waals surface area contributed by atoms with Crippen molar-refractivity contribution in [3.63, 3.8) is 0 Å². The van der Waals surface area contributed by atoms with Crippen LogP contribution in [0.3, 0.4) is 0 Å². The van der Waals surface area contributed by atoms with Crippen molar-refractivity contribution in [2.75, 3.05) is 6.54 Å². The van der Waals surface area contributed by atoms with Crippen LogP contribution >= 0.6 is 0 Å². The molecular formula is C15H21NO4S. The van der Waals surface area contributed by atoms with E-state index in [-0.39, 0.29) is 22.4 Å². The number of hydrogen-bond acceptors (Lipinski definition) is 3. The van der Waals surface area contributed by atoms with E-state index in [0.29, 0.717) is 12.5 Å². The molecule has 0 bridgehead atoms. The number of carboxylic acids is 1. The highest BCUT2D eigenvalue weighted by molar-refractivity contribution is 7.89. The van der Waals surface area contributed by atoms with Gasteiger partial charge >= 0.3 is 5.97 Å². The summed E-state index contributed by atoms with van der Waals surface area (Å²) in [6.07, 6.45) is 1.00. The summed E-state index contributed by atoms with van der Waals surface area (Å²) in [7, 11) is -3.66. The molecule has 1 N–H and O–H groups in total. The minimum atomic E-state index is -3.66. The van der Waals surface area contributed by atoms with E-state index < -0.39 is 16.0 Å². The van der Waals surface area contributed by atoms with Gasteiger partial charge in [0.1, 0.15) is 0 Å². The summed E-state index contributed by atoms with van der Waals surface area (Å²) in [5.41, 5.74) is -0.0122. The molecule has 0 aliphatic carbocycles. The van der Waals surface area contributed by atoms with Crippen molar-refractivity contribution in [2.45, 2.75) is 38.1 Å². The lowest BCUT2D eigenvalue weighted by molar-refractivity contribution is 0.0696. The molecule has 2 rings (SSSR count). The Labute approximate surface area is 125 Å². The van der Waals surface area contributed by atoms with Crippen LogP contribution in [0.2, 0.25) is 0 Å². The molecule has 116 valence electrons. The van der Waals surface area contributed by atoms with E-state index in [2.05, 4.69) is 6.92 Å². The van der Waals surface area contributed by atoms with Crippen LogP contribution in [0.5, 0.6) is 0 Å². The lowest BCUT2D eigenvalue weighted by Crippen LogP contribution is -2.48. The number of benzene rings is 1. The molecule has 0 saturated carbocycles. The van der Waals surface area contributed by atoms with Gasteiger partial charge < -0.3 is 5.11 Å². The first kappa shape index (κ1) is 16.0. The van der Waals surface area contributed by atoms with Gasteiger partial charge in [0.15, 0.2) is 0 Å². The van der Waals surface area contributed by atoms with Gasteiger partial charge in [0.05, 0.1) is 10.5 Å². The topological polar surface area (TPSA) is 74.7 Å². The van der Waals surface area contributed by atoms with Gasteiger partial charge in [-0.05, 0) is 43.4 Å². The summed E-state index contributed by atoms with van der Waals surface area (Å²) >= 11 is 0. The third kappa shape index (κ3) is 3.11. The summed E-state index contributed by atoms with van der Waals surface area (Å²) in [6.45, 7) is 6.48. The number of carbonyl (C=O) groups is 1. The molecule has 0 radical (unpaired) electrons. The van der Waals surface area contributed by atoms with Crippen LogP contribution in [0.15, 0.2) is 29.2 Å². The first-order valence-corrected chi connectivity index (χ1v) is 8.52. The maximum atomic E-state index is 12.8. The molecule has 1 aliphatic rings. The van der Waals surface area contributed by atoms with Crippen molar-refractivity contribution in [3.8, 4) is 0 Å². The Balaban J connectivity index is 2.41. The number of aromatic carboxylic acids is 1. The molecule has 1 heterocycles. The second-order valence-electron chi connectivity index (χ2n) is 5.97. The van der Waals surface area contributed by atoms with Crippen LogP contribution in [0.4, 0.5) is 0 Å². The Kier molecular flexibility index (Phi) is 4.39. The normalized spacial score (nSPS) is 27.5. The van der Waals surface area contributed by atoms with Crippen molar-refractivity contribution in [1.82, 2.24) is 4.31 Å². The molecule has 1 aromatic carbocycles.